The van der Waals surface area contributed by atoms with Crippen molar-refractivity contribution in [3.63, 3.8) is 0 Å². The predicted octanol–water partition coefficient (Wildman–Crippen LogP) is 3.16. The van der Waals surface area contributed by atoms with Gasteiger partial charge in [0.1, 0.15) is 6.10 Å². The van der Waals surface area contributed by atoms with Gasteiger partial charge in [0.05, 0.1) is 11.2 Å². The van der Waals surface area contributed by atoms with Crippen molar-refractivity contribution in [2.45, 2.75) is 31.7 Å². The smallest absolute Gasteiger partial charge is 0.385 e. The largest absolute Gasteiger partial charge is 0.416 e. The third-order valence-electron chi connectivity index (χ3n) is 2.74. The summed E-state index contributed by atoms with van der Waals surface area (Å²) in [4.78, 5) is 0. The van der Waals surface area contributed by atoms with Crippen molar-refractivity contribution in [1.82, 2.24) is 0 Å². The van der Waals surface area contributed by atoms with E-state index in [1.54, 1.807) is 13.8 Å². The van der Waals surface area contributed by atoms with Gasteiger partial charge in [-0.05, 0) is 31.5 Å². The number of alkyl halides is 3. The number of methoxy groups -OCH3 is 1. The molecule has 0 aromatic heterocycles. The number of rotatable bonds is 3. The first-order chi connectivity index (χ1) is 7.68. The van der Waals surface area contributed by atoms with E-state index >= 15 is 0 Å². The monoisotopic (exact) mass is 248 g/mol. The van der Waals surface area contributed by atoms with E-state index in [4.69, 9.17) is 4.74 Å². The van der Waals surface area contributed by atoms with Crippen LogP contribution in [0.4, 0.5) is 13.2 Å². The summed E-state index contributed by atoms with van der Waals surface area (Å²) in [6.07, 6.45) is -5.34. The fraction of sp³-hybridized carbons (Fsp3) is 0.500. The highest BCUT2D eigenvalue weighted by molar-refractivity contribution is 5.27. The van der Waals surface area contributed by atoms with Crippen LogP contribution in [0.1, 0.15) is 31.1 Å². The van der Waals surface area contributed by atoms with Gasteiger partial charge in [-0.25, -0.2) is 0 Å². The van der Waals surface area contributed by atoms with Gasteiger partial charge < -0.3 is 9.84 Å². The highest BCUT2D eigenvalue weighted by Gasteiger charge is 2.32. The Morgan fingerprint density at radius 3 is 1.94 bits per heavy atom. The van der Waals surface area contributed by atoms with Crippen molar-refractivity contribution >= 4 is 0 Å². The van der Waals surface area contributed by atoms with E-state index in [0.717, 1.165) is 12.1 Å². The molecule has 0 aliphatic heterocycles. The van der Waals surface area contributed by atoms with Crippen LogP contribution in [-0.4, -0.2) is 17.8 Å². The van der Waals surface area contributed by atoms with Crippen LogP contribution in [0.5, 0.6) is 0 Å². The molecule has 1 N–H and O–H groups in total. The fourth-order valence-corrected chi connectivity index (χ4v) is 1.37. The lowest BCUT2D eigenvalue weighted by Gasteiger charge is -2.29. The molecule has 2 nitrogen and oxygen atoms in total. The summed E-state index contributed by atoms with van der Waals surface area (Å²) in [5.41, 5.74) is -1.19. The van der Waals surface area contributed by atoms with E-state index in [2.05, 4.69) is 0 Å². The van der Waals surface area contributed by atoms with E-state index < -0.39 is 23.4 Å². The summed E-state index contributed by atoms with van der Waals surface area (Å²) in [6.45, 7) is 3.32. The van der Waals surface area contributed by atoms with Crippen LogP contribution < -0.4 is 0 Å². The predicted molar refractivity (Wildman–Crippen MR) is 57.5 cm³/mol. The maximum Gasteiger partial charge on any atom is 0.416 e. The molecule has 0 spiro atoms. The Balaban J connectivity index is 2.96. The normalized spacial score (nSPS) is 14.8. The lowest BCUT2D eigenvalue weighted by Crippen LogP contribution is -2.31. The maximum atomic E-state index is 12.3. The number of aliphatic hydroxyl groups is 1. The molecular formula is C12H15F3O2. The zero-order valence-electron chi connectivity index (χ0n) is 9.88. The molecule has 1 aromatic rings. The molecule has 0 saturated carbocycles. The Labute approximate surface area is 98.0 Å². The van der Waals surface area contributed by atoms with E-state index in [0.29, 0.717) is 5.56 Å². The fourth-order valence-electron chi connectivity index (χ4n) is 1.37. The second kappa shape index (κ2) is 4.66. The summed E-state index contributed by atoms with van der Waals surface area (Å²) in [5.74, 6) is 0. The molecule has 0 bridgehead atoms. The Bertz CT molecular complexity index is 368. The molecular weight excluding hydrogens is 233 g/mol. The molecule has 0 radical (unpaired) electrons. The van der Waals surface area contributed by atoms with Crippen molar-refractivity contribution in [3.05, 3.63) is 35.4 Å². The molecule has 1 rings (SSSR count). The Kier molecular flexibility index (Phi) is 3.84. The molecule has 17 heavy (non-hydrogen) atoms. The first-order valence-corrected chi connectivity index (χ1v) is 5.09. The van der Waals surface area contributed by atoms with Gasteiger partial charge in [0.2, 0.25) is 0 Å². The van der Waals surface area contributed by atoms with E-state index in [-0.39, 0.29) is 0 Å². The highest BCUT2D eigenvalue weighted by atomic mass is 19.4. The molecule has 0 fully saturated rings. The summed E-state index contributed by atoms with van der Waals surface area (Å²) in [6, 6.07) is 4.41. The molecule has 0 saturated heterocycles. The molecule has 0 aliphatic rings. The minimum Gasteiger partial charge on any atom is -0.385 e. The summed E-state index contributed by atoms with van der Waals surface area (Å²) in [5, 5.41) is 9.94. The van der Waals surface area contributed by atoms with Crippen molar-refractivity contribution in [2.75, 3.05) is 7.11 Å². The lowest BCUT2D eigenvalue weighted by molar-refractivity contribution is -0.137. The average molecular weight is 248 g/mol. The number of hydrogen-bond acceptors (Lipinski definition) is 2. The number of ether oxygens (including phenoxy) is 1. The van der Waals surface area contributed by atoms with Crippen molar-refractivity contribution < 1.29 is 23.0 Å². The van der Waals surface area contributed by atoms with Crippen LogP contribution in [0, 0.1) is 0 Å². The van der Waals surface area contributed by atoms with Crippen LogP contribution in [0.2, 0.25) is 0 Å². The van der Waals surface area contributed by atoms with Crippen LogP contribution in [0.25, 0.3) is 0 Å². The molecule has 96 valence electrons. The maximum absolute atomic E-state index is 12.3. The third-order valence-corrected chi connectivity index (χ3v) is 2.74. The molecule has 0 aliphatic carbocycles. The van der Waals surface area contributed by atoms with Gasteiger partial charge in [0, 0.05) is 7.11 Å². The molecule has 0 amide bonds. The Morgan fingerprint density at radius 2 is 1.59 bits per heavy atom. The zero-order chi connectivity index (χ0) is 13.3. The molecule has 5 heteroatoms. The minimum atomic E-state index is -4.36. The van der Waals surface area contributed by atoms with Crippen LogP contribution in [0.15, 0.2) is 24.3 Å². The first-order valence-electron chi connectivity index (χ1n) is 5.09. The zero-order valence-corrected chi connectivity index (χ0v) is 9.88. The van der Waals surface area contributed by atoms with E-state index in [1.165, 1.54) is 19.2 Å². The van der Waals surface area contributed by atoms with E-state index in [9.17, 15) is 18.3 Å². The summed E-state index contributed by atoms with van der Waals surface area (Å²) in [7, 11) is 1.44. The highest BCUT2D eigenvalue weighted by Crippen LogP contribution is 2.32. The van der Waals surface area contributed by atoms with Gasteiger partial charge >= 0.3 is 6.18 Å². The standard InChI is InChI=1S/C12H15F3O2/c1-11(2,17-3)10(16)8-4-6-9(7-5-8)12(13,14)15/h4-7,10,16H,1-3H3. The molecule has 1 unspecified atom stereocenters. The minimum absolute atomic E-state index is 0.393. The SMILES string of the molecule is COC(C)(C)C(O)c1ccc(C(F)(F)F)cc1. The molecule has 1 aromatic carbocycles. The van der Waals surface area contributed by atoms with Gasteiger partial charge in [0.15, 0.2) is 0 Å². The summed E-state index contributed by atoms with van der Waals surface area (Å²) < 4.78 is 42.1. The Hall–Kier alpha value is -1.07. The van der Waals surface area contributed by atoms with Gasteiger partial charge in [-0.3, -0.25) is 0 Å². The van der Waals surface area contributed by atoms with E-state index in [1.807, 2.05) is 0 Å². The summed E-state index contributed by atoms with van der Waals surface area (Å²) >= 11 is 0. The number of hydrogen-bond donors (Lipinski definition) is 1. The van der Waals surface area contributed by atoms with Crippen LogP contribution in [0.3, 0.4) is 0 Å². The van der Waals surface area contributed by atoms with Gasteiger partial charge in [-0.15, -0.1) is 0 Å². The number of benzene rings is 1. The van der Waals surface area contributed by atoms with Crippen LogP contribution >= 0.6 is 0 Å². The number of aliphatic hydroxyl groups excluding tert-OH is 1. The topological polar surface area (TPSA) is 29.5 Å². The molecule has 1 atom stereocenters. The third kappa shape index (κ3) is 3.20. The second-order valence-electron chi connectivity index (χ2n) is 4.33. The van der Waals surface area contributed by atoms with Crippen molar-refractivity contribution in [1.29, 1.82) is 0 Å². The van der Waals surface area contributed by atoms with Gasteiger partial charge in [-0.1, -0.05) is 12.1 Å². The second-order valence-corrected chi connectivity index (χ2v) is 4.33. The van der Waals surface area contributed by atoms with Crippen molar-refractivity contribution in [2.24, 2.45) is 0 Å². The number of halogens is 3. The Morgan fingerprint density at radius 1 is 1.12 bits per heavy atom. The quantitative estimate of drug-likeness (QED) is 0.890. The average Bonchev–Trinajstić information content (AvgIpc) is 2.27. The van der Waals surface area contributed by atoms with Crippen molar-refractivity contribution in [3.8, 4) is 0 Å². The lowest BCUT2D eigenvalue weighted by atomic mass is 9.94. The van der Waals surface area contributed by atoms with Gasteiger partial charge in [-0.2, -0.15) is 13.2 Å². The molecule has 0 heterocycles. The first kappa shape index (κ1) is 14.0. The van der Waals surface area contributed by atoms with Crippen LogP contribution in [-0.2, 0) is 10.9 Å². The van der Waals surface area contributed by atoms with Gasteiger partial charge in [0.25, 0.3) is 0 Å².